The molecule has 1 fully saturated rings. The number of amides is 1. The van der Waals surface area contributed by atoms with Gasteiger partial charge < -0.3 is 29.0 Å². The lowest BCUT2D eigenvalue weighted by Crippen LogP contribution is -2.44. The maximum absolute atomic E-state index is 15.5. The predicted octanol–water partition coefficient (Wildman–Crippen LogP) is 4.24. The number of fused-ring (bicyclic) bond motifs is 1. The quantitative estimate of drug-likeness (QED) is 0.224. The maximum atomic E-state index is 15.5. The number of alkyl halides is 2. The minimum absolute atomic E-state index is 0.0568. The number of aliphatic hydroxyl groups excluding tert-OH is 1. The van der Waals surface area contributed by atoms with E-state index in [1.54, 1.807) is 52.0 Å². The normalized spacial score (nSPS) is 20.4. The van der Waals surface area contributed by atoms with Gasteiger partial charge in [0.25, 0.3) is 0 Å². The molecule has 1 aliphatic rings. The Morgan fingerprint density at radius 1 is 1.21 bits per heavy atom. The fourth-order valence-corrected chi connectivity index (χ4v) is 4.24. The molecule has 9 nitrogen and oxygen atoms in total. The number of esters is 1. The first-order valence-corrected chi connectivity index (χ1v) is 11.9. The summed E-state index contributed by atoms with van der Waals surface area (Å²) in [6, 6.07) is 8.32. The molecule has 1 radical (unpaired) electrons. The van der Waals surface area contributed by atoms with Crippen LogP contribution in [0.25, 0.3) is 10.8 Å². The average molecular weight is 534 g/mol. The van der Waals surface area contributed by atoms with Crippen LogP contribution in [-0.2, 0) is 24.8 Å². The number of allylic oxidation sites excluding steroid dienone is 1. The van der Waals surface area contributed by atoms with Gasteiger partial charge in [-0.2, -0.15) is 8.78 Å². The Hall–Kier alpha value is -3.38. The molecule has 1 saturated heterocycles. The van der Waals surface area contributed by atoms with Gasteiger partial charge in [-0.1, -0.05) is 24.3 Å². The standard InChI is InChI=1S/C26H31BF2NO8/c1-24(2,3)38-23(33)30-15-25(4,14-19(30)22(32)35-5)37-20-13-17-9-7-6-8-16(17)12-18(20)26(28,29)21(31)10-11-36-27-34/h6-10,12-13,19,31,34H,11,14-15H2,1-5H3/b21-10-/t19-,25+/m0/s1. The number of aliphatic hydroxyl groups is 1. The Morgan fingerprint density at radius 3 is 2.42 bits per heavy atom. The van der Waals surface area contributed by atoms with Gasteiger partial charge >= 0.3 is 25.7 Å². The number of hydrogen-bond acceptors (Lipinski definition) is 8. The molecule has 0 aromatic heterocycles. The van der Waals surface area contributed by atoms with E-state index in [1.165, 1.54) is 19.2 Å². The summed E-state index contributed by atoms with van der Waals surface area (Å²) in [6.45, 7) is 5.97. The average Bonchev–Trinajstić information content (AvgIpc) is 3.19. The maximum Gasteiger partial charge on any atom is 0.485 e. The number of benzene rings is 2. The molecule has 0 aliphatic carbocycles. The molecule has 2 aromatic carbocycles. The van der Waals surface area contributed by atoms with E-state index < -0.39 is 53.2 Å². The van der Waals surface area contributed by atoms with E-state index >= 15 is 8.78 Å². The van der Waals surface area contributed by atoms with Gasteiger partial charge in [-0.15, -0.1) is 0 Å². The molecule has 0 unspecified atom stereocenters. The van der Waals surface area contributed by atoms with E-state index in [0.29, 0.717) is 18.5 Å². The lowest BCUT2D eigenvalue weighted by atomic mass is 9.98. The Balaban J connectivity index is 2.04. The van der Waals surface area contributed by atoms with Gasteiger partial charge in [0.05, 0.1) is 25.8 Å². The first-order valence-electron chi connectivity index (χ1n) is 11.9. The minimum atomic E-state index is -3.90. The van der Waals surface area contributed by atoms with Crippen LogP contribution in [0.5, 0.6) is 5.75 Å². The first kappa shape index (κ1) is 29.2. The SMILES string of the molecule is COC(=O)[C@@H]1C[C@@](C)(Oc2cc3ccccc3cc2C(F)(F)/C(O)=C/CO[B]O)CN1C(=O)OC(C)(C)C. The lowest BCUT2D eigenvalue weighted by Gasteiger charge is -2.30. The zero-order valence-electron chi connectivity index (χ0n) is 21.9. The molecule has 2 aromatic rings. The van der Waals surface area contributed by atoms with E-state index in [-0.39, 0.29) is 18.7 Å². The molecule has 1 aliphatic heterocycles. The molecule has 0 saturated carbocycles. The summed E-state index contributed by atoms with van der Waals surface area (Å²) in [4.78, 5) is 26.6. The third-order valence-corrected chi connectivity index (χ3v) is 5.92. The van der Waals surface area contributed by atoms with Gasteiger partial charge in [-0.25, -0.2) is 9.59 Å². The van der Waals surface area contributed by atoms with Crippen LogP contribution >= 0.6 is 0 Å². The Labute approximate surface area is 220 Å². The second-order valence-corrected chi connectivity index (χ2v) is 10.2. The van der Waals surface area contributed by atoms with Crippen molar-refractivity contribution >= 4 is 30.5 Å². The van der Waals surface area contributed by atoms with Gasteiger partial charge in [0, 0.05) is 6.42 Å². The molecule has 12 heteroatoms. The zero-order chi connectivity index (χ0) is 28.3. The number of halogens is 2. The van der Waals surface area contributed by atoms with E-state index in [1.807, 2.05) is 0 Å². The molecule has 38 heavy (non-hydrogen) atoms. The monoisotopic (exact) mass is 534 g/mol. The van der Waals surface area contributed by atoms with Gasteiger partial charge in [0.15, 0.2) is 5.76 Å². The highest BCUT2D eigenvalue weighted by atomic mass is 19.3. The molecule has 1 heterocycles. The Kier molecular flexibility index (Phi) is 8.57. The smallest absolute Gasteiger partial charge is 0.485 e. The highest BCUT2D eigenvalue weighted by Crippen LogP contribution is 2.44. The largest absolute Gasteiger partial charge is 0.506 e. The third-order valence-electron chi connectivity index (χ3n) is 5.92. The van der Waals surface area contributed by atoms with Crippen molar-refractivity contribution in [2.45, 2.75) is 57.3 Å². The van der Waals surface area contributed by atoms with Crippen molar-refractivity contribution in [1.29, 1.82) is 0 Å². The zero-order valence-corrected chi connectivity index (χ0v) is 21.9. The number of hydrogen-bond donors (Lipinski definition) is 2. The van der Waals surface area contributed by atoms with Gasteiger partial charge in [-0.05, 0) is 56.7 Å². The molecular formula is C26H31BF2NO8. The van der Waals surface area contributed by atoms with Crippen molar-refractivity contribution in [3.8, 4) is 5.75 Å². The van der Waals surface area contributed by atoms with Crippen LogP contribution in [0, 0.1) is 0 Å². The van der Waals surface area contributed by atoms with Crippen molar-refractivity contribution in [2.24, 2.45) is 0 Å². The second-order valence-electron chi connectivity index (χ2n) is 10.2. The van der Waals surface area contributed by atoms with Gasteiger partial charge in [0.2, 0.25) is 0 Å². The van der Waals surface area contributed by atoms with E-state index in [2.05, 4.69) is 4.65 Å². The predicted molar refractivity (Wildman–Crippen MR) is 135 cm³/mol. The van der Waals surface area contributed by atoms with Crippen LogP contribution in [0.15, 0.2) is 48.2 Å². The van der Waals surface area contributed by atoms with Crippen LogP contribution in [-0.4, -0.2) is 72.3 Å². The van der Waals surface area contributed by atoms with Crippen LogP contribution in [0.1, 0.15) is 39.7 Å². The number of methoxy groups -OCH3 is 1. The van der Waals surface area contributed by atoms with Crippen molar-refractivity contribution < 1.29 is 47.4 Å². The number of carbonyl (C=O) groups is 2. The minimum Gasteiger partial charge on any atom is -0.506 e. The summed E-state index contributed by atoms with van der Waals surface area (Å²) in [7, 11) is 1.50. The Morgan fingerprint density at radius 2 is 1.84 bits per heavy atom. The topological polar surface area (TPSA) is 115 Å². The van der Waals surface area contributed by atoms with Gasteiger partial charge in [0.1, 0.15) is 23.0 Å². The van der Waals surface area contributed by atoms with Crippen LogP contribution in [0.4, 0.5) is 13.6 Å². The molecule has 2 atom stereocenters. The molecule has 3 rings (SSSR count). The van der Waals surface area contributed by atoms with E-state index in [4.69, 9.17) is 19.2 Å². The van der Waals surface area contributed by atoms with Crippen molar-refractivity contribution in [3.05, 3.63) is 53.8 Å². The third kappa shape index (κ3) is 6.54. The number of carbonyl (C=O) groups excluding carboxylic acids is 2. The van der Waals surface area contributed by atoms with Gasteiger partial charge in [-0.3, -0.25) is 4.90 Å². The number of rotatable bonds is 8. The van der Waals surface area contributed by atoms with Crippen LogP contribution < -0.4 is 4.74 Å². The van der Waals surface area contributed by atoms with Crippen LogP contribution in [0.2, 0.25) is 0 Å². The summed E-state index contributed by atoms with van der Waals surface area (Å²) in [5, 5.41) is 19.9. The van der Waals surface area contributed by atoms with E-state index in [9.17, 15) is 14.7 Å². The Bertz CT molecular complexity index is 1220. The summed E-state index contributed by atoms with van der Waals surface area (Å²) < 4.78 is 52.0. The summed E-state index contributed by atoms with van der Waals surface area (Å²) in [6.07, 6.45) is -0.107. The fourth-order valence-electron chi connectivity index (χ4n) is 4.24. The summed E-state index contributed by atoms with van der Waals surface area (Å²) in [5.41, 5.74) is -2.77. The van der Waals surface area contributed by atoms with E-state index in [0.717, 1.165) is 11.0 Å². The molecule has 1 amide bonds. The highest BCUT2D eigenvalue weighted by Gasteiger charge is 2.51. The van der Waals surface area contributed by atoms with Crippen LogP contribution in [0.3, 0.4) is 0 Å². The van der Waals surface area contributed by atoms with Crippen molar-refractivity contribution in [2.75, 3.05) is 20.3 Å². The van der Waals surface area contributed by atoms with Crippen molar-refractivity contribution in [1.82, 2.24) is 4.90 Å². The summed E-state index contributed by atoms with van der Waals surface area (Å²) in [5.74, 6) is -6.16. The summed E-state index contributed by atoms with van der Waals surface area (Å²) >= 11 is 0. The lowest BCUT2D eigenvalue weighted by molar-refractivity contribution is -0.145. The number of ether oxygens (including phenoxy) is 3. The molecule has 0 spiro atoms. The number of nitrogens with zero attached hydrogens (tertiary/aromatic N) is 1. The van der Waals surface area contributed by atoms with Crippen molar-refractivity contribution in [3.63, 3.8) is 0 Å². The molecular weight excluding hydrogens is 503 g/mol. The second kappa shape index (κ2) is 11.2. The fraction of sp³-hybridized carbons (Fsp3) is 0.462. The molecule has 205 valence electrons. The molecule has 0 bridgehead atoms. The first-order chi connectivity index (χ1) is 17.7. The number of likely N-dealkylation sites (tertiary alicyclic amines) is 1. The molecule has 2 N–H and O–H groups in total. The highest BCUT2D eigenvalue weighted by molar-refractivity contribution is 6.15.